The van der Waals surface area contributed by atoms with E-state index in [4.69, 9.17) is 5.11 Å². The van der Waals surface area contributed by atoms with E-state index >= 15 is 0 Å². The van der Waals surface area contributed by atoms with Gasteiger partial charge < -0.3 is 5.11 Å². The Bertz CT molecular complexity index is 42.8. The van der Waals surface area contributed by atoms with E-state index in [-0.39, 0.29) is 0 Å². The molecular formula is C4H8OS. The Morgan fingerprint density at radius 1 is 1.83 bits per heavy atom. The van der Waals surface area contributed by atoms with Gasteiger partial charge in [0.15, 0.2) is 0 Å². The van der Waals surface area contributed by atoms with Crippen LogP contribution in [0.3, 0.4) is 0 Å². The van der Waals surface area contributed by atoms with Crippen molar-refractivity contribution in [3.8, 4) is 0 Å². The predicted molar refractivity (Wildman–Crippen MR) is 30.2 cm³/mol. The first-order chi connectivity index (χ1) is 2.91. The minimum absolute atomic E-state index is 0.899. The smallest absolute Gasteiger partial charge is 0.0760 e. The van der Waals surface area contributed by atoms with E-state index < -0.39 is 0 Å². The molecule has 0 aromatic rings. The van der Waals surface area contributed by atoms with Gasteiger partial charge in [-0.1, -0.05) is 0 Å². The van der Waals surface area contributed by atoms with Crippen molar-refractivity contribution < 1.29 is 5.11 Å². The van der Waals surface area contributed by atoms with E-state index in [9.17, 15) is 0 Å². The van der Waals surface area contributed by atoms with Gasteiger partial charge in [-0.15, -0.1) is 0 Å². The van der Waals surface area contributed by atoms with Gasteiger partial charge in [0, 0.05) is 5.75 Å². The molecular weight excluding hydrogens is 96.1 g/mol. The molecule has 0 aliphatic heterocycles. The topological polar surface area (TPSA) is 20.2 Å². The van der Waals surface area contributed by atoms with Crippen LogP contribution in [0.1, 0.15) is 0 Å². The van der Waals surface area contributed by atoms with Crippen molar-refractivity contribution in [3.63, 3.8) is 0 Å². The Morgan fingerprint density at radius 2 is 2.50 bits per heavy atom. The fourth-order valence-corrected chi connectivity index (χ4v) is 0.418. The van der Waals surface area contributed by atoms with E-state index in [0.717, 1.165) is 12.0 Å². The highest BCUT2D eigenvalue weighted by molar-refractivity contribution is 7.98. The molecule has 36 valence electrons. The summed E-state index contributed by atoms with van der Waals surface area (Å²) in [6.45, 7) is 0. The summed E-state index contributed by atoms with van der Waals surface area (Å²) in [5, 5.41) is 8.00. The van der Waals surface area contributed by atoms with Crippen LogP contribution >= 0.6 is 11.8 Å². The zero-order valence-electron chi connectivity index (χ0n) is 3.72. The van der Waals surface area contributed by atoms with Crippen LogP contribution < -0.4 is 0 Å². The van der Waals surface area contributed by atoms with Gasteiger partial charge in [-0.2, -0.15) is 11.8 Å². The van der Waals surface area contributed by atoms with Crippen LogP contribution in [0.25, 0.3) is 0 Å². The second kappa shape index (κ2) is 4.89. The van der Waals surface area contributed by atoms with Crippen LogP contribution in [0.5, 0.6) is 0 Å². The fraction of sp³-hybridized carbons (Fsp3) is 0.500. The van der Waals surface area contributed by atoms with E-state index in [1.54, 1.807) is 17.8 Å². The second-order valence-corrected chi connectivity index (χ2v) is 1.75. The maximum Gasteiger partial charge on any atom is 0.0760 e. The zero-order valence-corrected chi connectivity index (χ0v) is 4.53. The van der Waals surface area contributed by atoms with Crippen molar-refractivity contribution in [2.75, 3.05) is 12.0 Å². The molecule has 0 aliphatic carbocycles. The second-order valence-electron chi connectivity index (χ2n) is 0.840. The Kier molecular flexibility index (Phi) is 4.80. The number of hydrogen-bond acceptors (Lipinski definition) is 2. The van der Waals surface area contributed by atoms with E-state index in [2.05, 4.69) is 0 Å². The summed E-state index contributed by atoms with van der Waals surface area (Å²) in [4.78, 5) is 0. The van der Waals surface area contributed by atoms with Gasteiger partial charge in [-0.05, 0) is 12.3 Å². The molecule has 0 atom stereocenters. The summed E-state index contributed by atoms with van der Waals surface area (Å²) >= 11 is 1.68. The molecule has 0 bridgehead atoms. The third kappa shape index (κ3) is 3.89. The molecule has 0 saturated heterocycles. The first-order valence-corrected chi connectivity index (χ1v) is 3.09. The van der Waals surface area contributed by atoms with Crippen LogP contribution in [-0.4, -0.2) is 17.1 Å². The van der Waals surface area contributed by atoms with Gasteiger partial charge in [0.1, 0.15) is 0 Å². The van der Waals surface area contributed by atoms with Crippen molar-refractivity contribution in [1.82, 2.24) is 0 Å². The van der Waals surface area contributed by atoms with E-state index in [0.29, 0.717) is 0 Å². The number of thioether (sulfide) groups is 1. The first-order valence-electron chi connectivity index (χ1n) is 1.70. The SMILES string of the molecule is CSC/C=C/O. The summed E-state index contributed by atoms with van der Waals surface area (Å²) < 4.78 is 0. The van der Waals surface area contributed by atoms with Crippen molar-refractivity contribution in [2.24, 2.45) is 0 Å². The van der Waals surface area contributed by atoms with Crippen LogP contribution in [0, 0.1) is 0 Å². The molecule has 0 radical (unpaired) electrons. The van der Waals surface area contributed by atoms with Crippen molar-refractivity contribution in [2.45, 2.75) is 0 Å². The van der Waals surface area contributed by atoms with Gasteiger partial charge in [-0.3, -0.25) is 0 Å². The van der Waals surface area contributed by atoms with E-state index in [1.165, 1.54) is 0 Å². The average Bonchev–Trinajstić information content (AvgIpc) is 1.61. The first kappa shape index (κ1) is 5.89. The highest BCUT2D eigenvalue weighted by atomic mass is 32.2. The van der Waals surface area contributed by atoms with Crippen LogP contribution in [0.2, 0.25) is 0 Å². The molecule has 1 N–H and O–H groups in total. The lowest BCUT2D eigenvalue weighted by Crippen LogP contribution is -1.62. The van der Waals surface area contributed by atoms with Gasteiger partial charge in [-0.25, -0.2) is 0 Å². The molecule has 0 aromatic carbocycles. The third-order valence-corrected chi connectivity index (χ3v) is 0.894. The Labute approximate surface area is 42.1 Å². The maximum atomic E-state index is 8.00. The van der Waals surface area contributed by atoms with Crippen LogP contribution in [0.4, 0.5) is 0 Å². The zero-order chi connectivity index (χ0) is 4.83. The molecule has 0 fully saturated rings. The lowest BCUT2D eigenvalue weighted by molar-refractivity contribution is 0.473. The van der Waals surface area contributed by atoms with Gasteiger partial charge >= 0.3 is 0 Å². The lowest BCUT2D eigenvalue weighted by atomic mass is 10.7. The molecule has 6 heavy (non-hydrogen) atoms. The highest BCUT2D eigenvalue weighted by Gasteiger charge is 1.65. The summed E-state index contributed by atoms with van der Waals surface area (Å²) in [6.07, 6.45) is 4.75. The molecule has 0 spiro atoms. The molecule has 1 nitrogen and oxygen atoms in total. The quantitative estimate of drug-likeness (QED) is 0.535. The monoisotopic (exact) mass is 104 g/mol. The summed E-state index contributed by atoms with van der Waals surface area (Å²) in [5.41, 5.74) is 0. The minimum atomic E-state index is 0.899. The number of rotatable bonds is 2. The van der Waals surface area contributed by atoms with Crippen molar-refractivity contribution >= 4 is 11.8 Å². The Morgan fingerprint density at radius 3 is 2.67 bits per heavy atom. The Balaban J connectivity index is 2.66. The predicted octanol–water partition coefficient (Wildman–Crippen LogP) is 1.42. The standard InChI is InChI=1S/C4H8OS/c1-6-4-2-3-5/h2-3,5H,4H2,1H3/b3-2+. The number of aliphatic hydroxyl groups is 1. The fourth-order valence-electron chi connectivity index (χ4n) is 0.139. The highest BCUT2D eigenvalue weighted by Crippen LogP contribution is 1.88. The number of aliphatic hydroxyl groups excluding tert-OH is 1. The Hall–Kier alpha value is -0.110. The lowest BCUT2D eigenvalue weighted by Gasteiger charge is -1.76. The molecule has 0 heterocycles. The third-order valence-electron chi connectivity index (χ3n) is 0.368. The summed E-state index contributed by atoms with van der Waals surface area (Å²) in [7, 11) is 0. The molecule has 0 unspecified atom stereocenters. The van der Waals surface area contributed by atoms with Gasteiger partial charge in [0.05, 0.1) is 6.26 Å². The normalized spacial score (nSPS) is 10.2. The number of hydrogen-bond donors (Lipinski definition) is 1. The molecule has 2 heteroatoms. The molecule has 0 amide bonds. The summed E-state index contributed by atoms with van der Waals surface area (Å²) in [6, 6.07) is 0. The maximum absolute atomic E-state index is 8.00. The molecule has 0 aromatic heterocycles. The van der Waals surface area contributed by atoms with Crippen LogP contribution in [0.15, 0.2) is 12.3 Å². The van der Waals surface area contributed by atoms with Gasteiger partial charge in [0.2, 0.25) is 0 Å². The molecule has 0 rings (SSSR count). The minimum Gasteiger partial charge on any atom is -0.516 e. The van der Waals surface area contributed by atoms with Crippen molar-refractivity contribution in [1.29, 1.82) is 0 Å². The van der Waals surface area contributed by atoms with E-state index in [1.807, 2.05) is 6.26 Å². The molecule has 0 aliphatic rings. The molecule has 0 saturated carbocycles. The average molecular weight is 104 g/mol. The van der Waals surface area contributed by atoms with Crippen molar-refractivity contribution in [3.05, 3.63) is 12.3 Å². The summed E-state index contributed by atoms with van der Waals surface area (Å²) in [5.74, 6) is 0.899. The van der Waals surface area contributed by atoms with Crippen LogP contribution in [-0.2, 0) is 0 Å². The largest absolute Gasteiger partial charge is 0.516 e. The van der Waals surface area contributed by atoms with Gasteiger partial charge in [0.25, 0.3) is 0 Å².